The molecule has 0 bridgehead atoms. The van der Waals surface area contributed by atoms with Crippen molar-refractivity contribution < 1.29 is 19.1 Å². The Balaban J connectivity index is 1.34. The van der Waals surface area contributed by atoms with Crippen LogP contribution in [0.15, 0.2) is 48.5 Å². The summed E-state index contributed by atoms with van der Waals surface area (Å²) in [7, 11) is 0. The molecule has 0 saturated carbocycles. The quantitative estimate of drug-likeness (QED) is 0.834. The van der Waals surface area contributed by atoms with Crippen molar-refractivity contribution >= 4 is 12.0 Å². The van der Waals surface area contributed by atoms with E-state index in [4.69, 9.17) is 9.47 Å². The Kier molecular flexibility index (Phi) is 4.48. The number of piperazine rings is 1. The van der Waals surface area contributed by atoms with Gasteiger partial charge in [0.25, 0.3) is 5.91 Å². The maximum absolute atomic E-state index is 12.7. The van der Waals surface area contributed by atoms with Gasteiger partial charge in [-0.1, -0.05) is 18.2 Å². The number of para-hydroxylation sites is 1. The molecule has 2 aliphatic heterocycles. The SMILES string of the molecule is O=C(Oc1ccccc1)N1CCN(C(=O)c2ccc3c(c2)CCO3)CC1. The topological polar surface area (TPSA) is 59.1 Å². The lowest BCUT2D eigenvalue weighted by Crippen LogP contribution is -2.51. The molecule has 6 heteroatoms. The maximum Gasteiger partial charge on any atom is 0.415 e. The number of rotatable bonds is 2. The number of nitrogens with zero attached hydrogens (tertiary/aromatic N) is 2. The Morgan fingerprint density at radius 3 is 2.42 bits per heavy atom. The first kappa shape index (κ1) is 16.4. The van der Waals surface area contributed by atoms with Crippen molar-refractivity contribution in [1.29, 1.82) is 0 Å². The summed E-state index contributed by atoms with van der Waals surface area (Å²) in [5.74, 6) is 1.39. The average molecular weight is 352 g/mol. The Morgan fingerprint density at radius 2 is 1.65 bits per heavy atom. The van der Waals surface area contributed by atoms with E-state index in [1.54, 1.807) is 21.9 Å². The molecule has 0 unspecified atom stereocenters. The number of ether oxygens (including phenoxy) is 2. The monoisotopic (exact) mass is 352 g/mol. The van der Waals surface area contributed by atoms with Gasteiger partial charge in [0.05, 0.1) is 6.61 Å². The van der Waals surface area contributed by atoms with E-state index in [1.807, 2.05) is 36.4 Å². The fourth-order valence-electron chi connectivity index (χ4n) is 3.25. The van der Waals surface area contributed by atoms with Crippen LogP contribution in [0.4, 0.5) is 4.79 Å². The summed E-state index contributed by atoms with van der Waals surface area (Å²) in [5, 5.41) is 0. The van der Waals surface area contributed by atoms with Crippen LogP contribution in [0.25, 0.3) is 0 Å². The molecule has 0 spiro atoms. The average Bonchev–Trinajstić information content (AvgIpc) is 3.16. The largest absolute Gasteiger partial charge is 0.493 e. The molecule has 2 heterocycles. The van der Waals surface area contributed by atoms with Crippen LogP contribution in [0.5, 0.6) is 11.5 Å². The highest BCUT2D eigenvalue weighted by molar-refractivity contribution is 5.94. The number of carbonyl (C=O) groups is 2. The molecule has 2 amide bonds. The summed E-state index contributed by atoms with van der Waals surface area (Å²) in [6.07, 6.45) is 0.466. The van der Waals surface area contributed by atoms with Gasteiger partial charge in [-0.05, 0) is 35.9 Å². The minimum absolute atomic E-state index is 0.00391. The van der Waals surface area contributed by atoms with E-state index in [2.05, 4.69) is 0 Å². The maximum atomic E-state index is 12.7. The van der Waals surface area contributed by atoms with E-state index in [0.717, 1.165) is 17.7 Å². The fraction of sp³-hybridized carbons (Fsp3) is 0.300. The van der Waals surface area contributed by atoms with Crippen LogP contribution in [-0.4, -0.2) is 54.6 Å². The standard InChI is InChI=1S/C20H20N2O4/c23-19(16-6-7-18-15(14-16)8-13-25-18)21-9-11-22(12-10-21)20(24)26-17-4-2-1-3-5-17/h1-7,14H,8-13H2. The molecule has 2 aromatic carbocycles. The van der Waals surface area contributed by atoms with Crippen molar-refractivity contribution in [1.82, 2.24) is 9.80 Å². The van der Waals surface area contributed by atoms with E-state index >= 15 is 0 Å². The molecule has 0 N–H and O–H groups in total. The Hall–Kier alpha value is -3.02. The van der Waals surface area contributed by atoms with Gasteiger partial charge >= 0.3 is 6.09 Å². The molecule has 1 saturated heterocycles. The van der Waals surface area contributed by atoms with Gasteiger partial charge in [-0.15, -0.1) is 0 Å². The summed E-state index contributed by atoms with van der Waals surface area (Å²) in [6.45, 7) is 2.60. The second-order valence-corrected chi connectivity index (χ2v) is 6.38. The smallest absolute Gasteiger partial charge is 0.415 e. The van der Waals surface area contributed by atoms with Crippen molar-refractivity contribution in [2.45, 2.75) is 6.42 Å². The van der Waals surface area contributed by atoms with Crippen molar-refractivity contribution in [3.63, 3.8) is 0 Å². The van der Waals surface area contributed by atoms with Crippen LogP contribution in [-0.2, 0) is 6.42 Å². The van der Waals surface area contributed by atoms with Gasteiger partial charge in [-0.2, -0.15) is 0 Å². The molecule has 134 valence electrons. The molecule has 1 fully saturated rings. The van der Waals surface area contributed by atoms with Gasteiger partial charge in [0.1, 0.15) is 11.5 Å². The van der Waals surface area contributed by atoms with E-state index in [9.17, 15) is 9.59 Å². The van der Waals surface area contributed by atoms with Crippen molar-refractivity contribution in [2.75, 3.05) is 32.8 Å². The molecule has 0 aliphatic carbocycles. The number of amides is 2. The normalized spacial score (nSPS) is 16.0. The van der Waals surface area contributed by atoms with Crippen LogP contribution in [0.2, 0.25) is 0 Å². The van der Waals surface area contributed by atoms with Gasteiger partial charge < -0.3 is 19.3 Å². The zero-order valence-corrected chi connectivity index (χ0v) is 14.4. The zero-order chi connectivity index (χ0) is 17.9. The number of fused-ring (bicyclic) bond motifs is 1. The van der Waals surface area contributed by atoms with E-state index < -0.39 is 0 Å². The Morgan fingerprint density at radius 1 is 0.923 bits per heavy atom. The van der Waals surface area contributed by atoms with Crippen LogP contribution in [0.1, 0.15) is 15.9 Å². The highest BCUT2D eigenvalue weighted by atomic mass is 16.6. The fourth-order valence-corrected chi connectivity index (χ4v) is 3.25. The summed E-state index contributed by atoms with van der Waals surface area (Å²) in [6, 6.07) is 14.6. The minimum Gasteiger partial charge on any atom is -0.493 e. The predicted octanol–water partition coefficient (Wildman–Crippen LogP) is 2.58. The van der Waals surface area contributed by atoms with Crippen molar-refractivity contribution in [2.24, 2.45) is 0 Å². The third kappa shape index (κ3) is 3.35. The zero-order valence-electron chi connectivity index (χ0n) is 14.4. The minimum atomic E-state index is -0.377. The first-order chi connectivity index (χ1) is 12.7. The summed E-state index contributed by atoms with van der Waals surface area (Å²) in [5.41, 5.74) is 1.76. The lowest BCUT2D eigenvalue weighted by atomic mass is 10.1. The Labute approximate surface area is 151 Å². The molecular weight excluding hydrogens is 332 g/mol. The molecular formula is C20H20N2O4. The molecule has 2 aliphatic rings. The van der Waals surface area contributed by atoms with Crippen molar-refractivity contribution in [3.05, 3.63) is 59.7 Å². The van der Waals surface area contributed by atoms with Gasteiger partial charge in [0.2, 0.25) is 0 Å². The second-order valence-electron chi connectivity index (χ2n) is 6.38. The van der Waals surface area contributed by atoms with Gasteiger partial charge in [-0.25, -0.2) is 4.79 Å². The summed E-state index contributed by atoms with van der Waals surface area (Å²) in [4.78, 5) is 28.4. The van der Waals surface area contributed by atoms with Crippen LogP contribution < -0.4 is 9.47 Å². The predicted molar refractivity (Wildman–Crippen MR) is 95.6 cm³/mol. The van der Waals surface area contributed by atoms with Gasteiger partial charge in [-0.3, -0.25) is 4.79 Å². The van der Waals surface area contributed by atoms with Gasteiger partial charge in [0.15, 0.2) is 0 Å². The van der Waals surface area contributed by atoms with E-state index in [0.29, 0.717) is 44.1 Å². The third-order valence-corrected chi connectivity index (χ3v) is 4.71. The number of benzene rings is 2. The molecule has 0 atom stereocenters. The lowest BCUT2D eigenvalue weighted by Gasteiger charge is -2.34. The summed E-state index contributed by atoms with van der Waals surface area (Å²) < 4.78 is 10.8. The molecule has 0 aromatic heterocycles. The number of carbonyl (C=O) groups excluding carboxylic acids is 2. The van der Waals surface area contributed by atoms with E-state index in [-0.39, 0.29) is 12.0 Å². The lowest BCUT2D eigenvalue weighted by molar-refractivity contribution is 0.0633. The highest BCUT2D eigenvalue weighted by Gasteiger charge is 2.26. The van der Waals surface area contributed by atoms with E-state index in [1.165, 1.54) is 0 Å². The molecule has 26 heavy (non-hydrogen) atoms. The van der Waals surface area contributed by atoms with Crippen LogP contribution >= 0.6 is 0 Å². The second kappa shape index (κ2) is 7.07. The highest BCUT2D eigenvalue weighted by Crippen LogP contribution is 2.26. The molecule has 0 radical (unpaired) electrons. The first-order valence-electron chi connectivity index (χ1n) is 8.77. The summed E-state index contributed by atoms with van der Waals surface area (Å²) >= 11 is 0. The molecule has 2 aromatic rings. The number of hydrogen-bond donors (Lipinski definition) is 0. The van der Waals surface area contributed by atoms with Gasteiger partial charge in [0, 0.05) is 38.2 Å². The van der Waals surface area contributed by atoms with Crippen LogP contribution in [0.3, 0.4) is 0 Å². The van der Waals surface area contributed by atoms with Crippen molar-refractivity contribution in [3.8, 4) is 11.5 Å². The first-order valence-corrected chi connectivity index (χ1v) is 8.77. The number of hydrogen-bond acceptors (Lipinski definition) is 4. The van der Waals surface area contributed by atoms with Crippen LogP contribution in [0, 0.1) is 0 Å². The molecule has 4 rings (SSSR count). The third-order valence-electron chi connectivity index (χ3n) is 4.71. The Bertz CT molecular complexity index is 814. The molecule has 6 nitrogen and oxygen atoms in total.